The van der Waals surface area contributed by atoms with Gasteiger partial charge in [-0.3, -0.25) is 9.69 Å². The summed E-state index contributed by atoms with van der Waals surface area (Å²) in [7, 11) is 1.30. The Morgan fingerprint density at radius 2 is 1.70 bits per heavy atom. The lowest BCUT2D eigenvalue weighted by molar-refractivity contribution is -0.136. The predicted octanol–water partition coefficient (Wildman–Crippen LogP) is 4.48. The molecule has 0 aromatic heterocycles. The summed E-state index contributed by atoms with van der Waals surface area (Å²) < 4.78 is 10.6. The number of hydrogen-bond acceptors (Lipinski definition) is 5. The van der Waals surface area contributed by atoms with Gasteiger partial charge in [0.05, 0.1) is 25.3 Å². The highest BCUT2D eigenvalue weighted by Gasteiger charge is 2.38. The van der Waals surface area contributed by atoms with Gasteiger partial charge >= 0.3 is 18.0 Å². The SMILES string of the molecule is COC(=O)C1=C(C)N(Cc2ccccc2)C(=O)N[C@H]1c1c(OC(C)=O)ccc2ccccc12. The Balaban J connectivity index is 1.90. The summed E-state index contributed by atoms with van der Waals surface area (Å²) in [6, 6.07) is 19.3. The number of esters is 2. The topological polar surface area (TPSA) is 84.9 Å². The summed E-state index contributed by atoms with van der Waals surface area (Å²) in [5.74, 6) is -0.797. The second-order valence-electron chi connectivity index (χ2n) is 7.74. The Morgan fingerprint density at radius 3 is 2.39 bits per heavy atom. The van der Waals surface area contributed by atoms with E-state index in [4.69, 9.17) is 9.47 Å². The fourth-order valence-electron chi connectivity index (χ4n) is 4.15. The van der Waals surface area contributed by atoms with Crippen LogP contribution in [0.15, 0.2) is 78.0 Å². The second-order valence-corrected chi connectivity index (χ2v) is 7.74. The summed E-state index contributed by atoms with van der Waals surface area (Å²) in [5.41, 5.74) is 2.19. The van der Waals surface area contributed by atoms with Crippen LogP contribution < -0.4 is 10.1 Å². The first kappa shape index (κ1) is 22.1. The Kier molecular flexibility index (Phi) is 6.13. The Hall–Kier alpha value is -4.13. The lowest BCUT2D eigenvalue weighted by atomic mass is 9.90. The van der Waals surface area contributed by atoms with E-state index in [0.29, 0.717) is 11.3 Å². The first-order valence-electron chi connectivity index (χ1n) is 10.5. The smallest absolute Gasteiger partial charge is 0.337 e. The number of hydrogen-bond donors (Lipinski definition) is 1. The monoisotopic (exact) mass is 444 g/mol. The number of amides is 2. The molecule has 7 heteroatoms. The minimum Gasteiger partial charge on any atom is -0.466 e. The number of methoxy groups -OCH3 is 1. The molecule has 1 heterocycles. The summed E-state index contributed by atoms with van der Waals surface area (Å²) >= 11 is 0. The molecule has 0 unspecified atom stereocenters. The van der Waals surface area contributed by atoms with Crippen LogP contribution in [0.3, 0.4) is 0 Å². The molecule has 0 radical (unpaired) electrons. The number of allylic oxidation sites excluding steroid dienone is 1. The molecule has 0 aliphatic carbocycles. The summed E-state index contributed by atoms with van der Waals surface area (Å²) in [6.07, 6.45) is 0. The Morgan fingerprint density at radius 1 is 1.00 bits per heavy atom. The van der Waals surface area contributed by atoms with Crippen LogP contribution in [0.1, 0.15) is 31.0 Å². The van der Waals surface area contributed by atoms with Crippen molar-refractivity contribution in [2.24, 2.45) is 0 Å². The van der Waals surface area contributed by atoms with E-state index < -0.39 is 18.0 Å². The van der Waals surface area contributed by atoms with Crippen LogP contribution in [0.4, 0.5) is 4.79 Å². The Labute approximate surface area is 191 Å². The van der Waals surface area contributed by atoms with Crippen molar-refractivity contribution in [1.82, 2.24) is 10.2 Å². The van der Waals surface area contributed by atoms with Gasteiger partial charge < -0.3 is 14.8 Å². The molecule has 168 valence electrons. The minimum absolute atomic E-state index is 0.275. The molecule has 0 bridgehead atoms. The van der Waals surface area contributed by atoms with Gasteiger partial charge in [0.1, 0.15) is 5.75 Å². The van der Waals surface area contributed by atoms with E-state index >= 15 is 0 Å². The van der Waals surface area contributed by atoms with Crippen molar-refractivity contribution in [2.75, 3.05) is 7.11 Å². The number of fused-ring (bicyclic) bond motifs is 1. The van der Waals surface area contributed by atoms with E-state index in [9.17, 15) is 14.4 Å². The first-order chi connectivity index (χ1) is 15.9. The summed E-state index contributed by atoms with van der Waals surface area (Å²) in [5, 5.41) is 4.58. The largest absolute Gasteiger partial charge is 0.466 e. The van der Waals surface area contributed by atoms with E-state index in [1.165, 1.54) is 18.9 Å². The molecule has 2 amide bonds. The minimum atomic E-state index is -0.863. The van der Waals surface area contributed by atoms with E-state index in [0.717, 1.165) is 16.3 Å². The van der Waals surface area contributed by atoms with Crippen molar-refractivity contribution in [3.05, 3.63) is 89.1 Å². The molecule has 0 saturated carbocycles. The van der Waals surface area contributed by atoms with Gasteiger partial charge in [0.15, 0.2) is 0 Å². The van der Waals surface area contributed by atoms with Crippen molar-refractivity contribution >= 4 is 28.7 Å². The second kappa shape index (κ2) is 9.16. The third-order valence-corrected chi connectivity index (χ3v) is 5.66. The van der Waals surface area contributed by atoms with E-state index in [2.05, 4.69) is 5.32 Å². The maximum Gasteiger partial charge on any atom is 0.337 e. The van der Waals surface area contributed by atoms with Crippen LogP contribution in [-0.2, 0) is 20.9 Å². The first-order valence-corrected chi connectivity index (χ1v) is 10.5. The third-order valence-electron chi connectivity index (χ3n) is 5.66. The molecular formula is C26H24N2O5. The molecule has 1 aliphatic heterocycles. The molecule has 4 rings (SSSR count). The molecule has 7 nitrogen and oxygen atoms in total. The highest BCUT2D eigenvalue weighted by Crippen LogP contribution is 2.40. The number of ether oxygens (including phenoxy) is 2. The van der Waals surface area contributed by atoms with Gasteiger partial charge in [-0.2, -0.15) is 0 Å². The van der Waals surface area contributed by atoms with Gasteiger partial charge in [-0.05, 0) is 29.3 Å². The van der Waals surface area contributed by atoms with Crippen molar-refractivity contribution in [2.45, 2.75) is 26.4 Å². The zero-order chi connectivity index (χ0) is 23.5. The lowest BCUT2D eigenvalue weighted by Gasteiger charge is -2.36. The molecular weight excluding hydrogens is 420 g/mol. The molecule has 0 spiro atoms. The zero-order valence-corrected chi connectivity index (χ0v) is 18.6. The quantitative estimate of drug-likeness (QED) is 0.463. The standard InChI is InChI=1S/C26H24N2O5/c1-16-22(25(30)32-3)24(27-26(31)28(16)15-18-9-5-4-6-10-18)23-20-12-8-7-11-19(20)13-14-21(23)33-17(2)29/h4-14,24H,15H2,1-3H3,(H,27,31)/t24-/m1/s1. The fourth-order valence-corrected chi connectivity index (χ4v) is 4.15. The third kappa shape index (κ3) is 4.30. The van der Waals surface area contributed by atoms with E-state index in [1.54, 1.807) is 13.0 Å². The average Bonchev–Trinajstić information content (AvgIpc) is 2.81. The molecule has 1 N–H and O–H groups in total. The highest BCUT2D eigenvalue weighted by molar-refractivity contribution is 5.98. The van der Waals surface area contributed by atoms with Crippen LogP contribution in [0, 0.1) is 0 Å². The lowest BCUT2D eigenvalue weighted by Crippen LogP contribution is -2.47. The highest BCUT2D eigenvalue weighted by atomic mass is 16.5. The number of urea groups is 1. The van der Waals surface area contributed by atoms with Gasteiger partial charge in [0, 0.05) is 18.2 Å². The van der Waals surface area contributed by atoms with Crippen molar-refractivity contribution in [1.29, 1.82) is 0 Å². The van der Waals surface area contributed by atoms with Crippen LogP contribution in [0.25, 0.3) is 10.8 Å². The summed E-state index contributed by atoms with van der Waals surface area (Å²) in [4.78, 5) is 39.5. The number of carbonyl (C=O) groups is 3. The normalized spacial score (nSPS) is 15.9. The molecule has 1 aliphatic rings. The van der Waals surface area contributed by atoms with Crippen LogP contribution >= 0.6 is 0 Å². The maximum absolute atomic E-state index is 13.2. The van der Waals surface area contributed by atoms with Gasteiger partial charge in [0.25, 0.3) is 0 Å². The van der Waals surface area contributed by atoms with Crippen molar-refractivity contribution in [3.63, 3.8) is 0 Å². The van der Waals surface area contributed by atoms with Crippen LogP contribution in [-0.4, -0.2) is 30.0 Å². The van der Waals surface area contributed by atoms with Gasteiger partial charge in [-0.1, -0.05) is 60.7 Å². The van der Waals surface area contributed by atoms with Gasteiger partial charge in [-0.25, -0.2) is 9.59 Å². The average molecular weight is 444 g/mol. The van der Waals surface area contributed by atoms with Crippen molar-refractivity contribution in [3.8, 4) is 5.75 Å². The molecule has 0 saturated heterocycles. The number of nitrogens with one attached hydrogen (secondary N) is 1. The number of benzene rings is 3. The molecule has 1 atom stereocenters. The fraction of sp³-hybridized carbons (Fsp3) is 0.192. The zero-order valence-electron chi connectivity index (χ0n) is 18.6. The molecule has 3 aromatic carbocycles. The Bertz CT molecular complexity index is 1270. The summed E-state index contributed by atoms with van der Waals surface area (Å²) in [6.45, 7) is 3.32. The maximum atomic E-state index is 13.2. The number of carbonyl (C=O) groups excluding carboxylic acids is 3. The predicted molar refractivity (Wildman–Crippen MR) is 123 cm³/mol. The van der Waals surface area contributed by atoms with E-state index in [-0.39, 0.29) is 23.9 Å². The number of nitrogens with zero attached hydrogens (tertiary/aromatic N) is 1. The molecule has 0 fully saturated rings. The van der Waals surface area contributed by atoms with Gasteiger partial charge in [0.2, 0.25) is 0 Å². The molecule has 33 heavy (non-hydrogen) atoms. The van der Waals surface area contributed by atoms with Crippen molar-refractivity contribution < 1.29 is 23.9 Å². The number of rotatable bonds is 5. The van der Waals surface area contributed by atoms with Crippen LogP contribution in [0.5, 0.6) is 5.75 Å². The van der Waals surface area contributed by atoms with Crippen LogP contribution in [0.2, 0.25) is 0 Å². The van der Waals surface area contributed by atoms with Gasteiger partial charge in [-0.15, -0.1) is 0 Å². The molecule has 3 aromatic rings. The van der Waals surface area contributed by atoms with E-state index in [1.807, 2.05) is 60.7 Å².